The lowest BCUT2D eigenvalue weighted by Crippen LogP contribution is -2.32. The molecule has 0 spiro atoms. The average Bonchev–Trinajstić information content (AvgIpc) is 1.95. The molecule has 0 amide bonds. The molecule has 0 bridgehead atoms. The van der Waals surface area contributed by atoms with Crippen LogP contribution in [-0.2, 0) is 28.6 Å². The molecule has 0 fully saturated rings. The quantitative estimate of drug-likeness (QED) is 0.421. The lowest BCUT2D eigenvalue weighted by Gasteiger charge is -2.09. The Hall–Kier alpha value is -1.25. The van der Waals surface area contributed by atoms with Crippen molar-refractivity contribution in [1.82, 2.24) is 0 Å². The molecule has 0 aliphatic rings. The number of rotatable bonds is 2. The first-order valence-corrected chi connectivity index (χ1v) is 5.97. The summed E-state index contributed by atoms with van der Waals surface area (Å²) >= 11 is 0. The van der Waals surface area contributed by atoms with Crippen LogP contribution in [0.5, 0.6) is 0 Å². The lowest BCUT2D eigenvalue weighted by molar-refractivity contribution is -0.0563. The highest BCUT2D eigenvalue weighted by Gasteiger charge is 2.53. The van der Waals surface area contributed by atoms with Gasteiger partial charge in [0.15, 0.2) is 0 Å². The second-order valence-corrected chi connectivity index (χ2v) is 5.29. The Morgan fingerprint density at radius 3 is 1.11 bits per heavy atom. The predicted molar refractivity (Wildman–Crippen MR) is 37.5 cm³/mol. The van der Waals surface area contributed by atoms with Gasteiger partial charge in [-0.2, -0.15) is 43.2 Å². The Morgan fingerprint density at radius 1 is 0.722 bits per heavy atom. The third-order valence-corrected chi connectivity index (χ3v) is 2.77. The number of carbonyl (C=O) groups is 1. The fourth-order valence-electron chi connectivity index (χ4n) is 0.288. The third-order valence-electron chi connectivity index (χ3n) is 0.922. The van der Waals surface area contributed by atoms with Gasteiger partial charge in [-0.1, -0.05) is 0 Å². The number of carbonyl (C=O) groups excluding carboxylic acids is 1. The topological polar surface area (TPSA) is 104 Å². The van der Waals surface area contributed by atoms with Crippen LogP contribution in [0.4, 0.5) is 31.1 Å². The van der Waals surface area contributed by atoms with Gasteiger partial charge in [0.1, 0.15) is 0 Å². The number of halogens is 6. The van der Waals surface area contributed by atoms with Crippen LogP contribution in [0, 0.1) is 0 Å². The Balaban J connectivity index is 4.98. The van der Waals surface area contributed by atoms with Gasteiger partial charge >= 0.3 is 37.4 Å². The van der Waals surface area contributed by atoms with Crippen molar-refractivity contribution in [3.8, 4) is 0 Å². The highest BCUT2D eigenvalue weighted by atomic mass is 32.2. The van der Waals surface area contributed by atoms with E-state index in [0.29, 0.717) is 0 Å². The van der Waals surface area contributed by atoms with E-state index in [9.17, 15) is 48.0 Å². The summed E-state index contributed by atoms with van der Waals surface area (Å²) in [4.78, 5) is 10.2. The van der Waals surface area contributed by atoms with Crippen molar-refractivity contribution in [1.29, 1.82) is 0 Å². The van der Waals surface area contributed by atoms with E-state index in [2.05, 4.69) is 8.37 Å². The van der Waals surface area contributed by atoms with Gasteiger partial charge in [-0.3, -0.25) is 0 Å². The maximum absolute atomic E-state index is 11.6. The molecule has 0 aliphatic heterocycles. The average molecular weight is 326 g/mol. The molecule has 0 atom stereocenters. The largest absolute Gasteiger partial charge is 0.540 e. The molecular formula is C3F6O7S2. The van der Waals surface area contributed by atoms with Crippen LogP contribution in [0.2, 0.25) is 0 Å². The molecule has 0 saturated carbocycles. The van der Waals surface area contributed by atoms with Crippen LogP contribution >= 0.6 is 0 Å². The summed E-state index contributed by atoms with van der Waals surface area (Å²) < 4.78 is 115. The first-order chi connectivity index (χ1) is 7.60. The zero-order chi connectivity index (χ0) is 15.0. The van der Waals surface area contributed by atoms with Gasteiger partial charge in [-0.25, -0.2) is 4.79 Å². The van der Waals surface area contributed by atoms with Crippen LogP contribution in [0.25, 0.3) is 0 Å². The molecule has 15 heteroatoms. The van der Waals surface area contributed by atoms with Crippen LogP contribution in [0.1, 0.15) is 0 Å². The molecule has 0 N–H and O–H groups in total. The van der Waals surface area contributed by atoms with E-state index in [1.54, 1.807) is 0 Å². The molecule has 0 aliphatic carbocycles. The van der Waals surface area contributed by atoms with Crippen LogP contribution in [-0.4, -0.2) is 34.0 Å². The number of alkyl halides is 6. The fraction of sp³-hybridized carbons (Fsp3) is 0.667. The van der Waals surface area contributed by atoms with Gasteiger partial charge in [-0.05, 0) is 0 Å². The first-order valence-electron chi connectivity index (χ1n) is 3.15. The molecular weight excluding hydrogens is 326 g/mol. The highest BCUT2D eigenvalue weighted by molar-refractivity contribution is 7.89. The van der Waals surface area contributed by atoms with Crippen molar-refractivity contribution in [2.45, 2.75) is 11.0 Å². The first kappa shape index (κ1) is 16.8. The molecule has 0 aromatic heterocycles. The summed E-state index contributed by atoms with van der Waals surface area (Å²) in [5, 5.41) is 0. The summed E-state index contributed by atoms with van der Waals surface area (Å²) in [6, 6.07) is 0. The van der Waals surface area contributed by atoms with Gasteiger partial charge in [0, 0.05) is 0 Å². The zero-order valence-corrected chi connectivity index (χ0v) is 9.08. The molecule has 0 radical (unpaired) electrons. The summed E-state index contributed by atoms with van der Waals surface area (Å²) in [5.74, 6) is 0. The van der Waals surface area contributed by atoms with E-state index in [-0.39, 0.29) is 0 Å². The molecule has 0 rings (SSSR count). The number of hydrogen-bond donors (Lipinski definition) is 0. The minimum absolute atomic E-state index is 2.44. The third kappa shape index (κ3) is 3.90. The Kier molecular flexibility index (Phi) is 4.14. The minimum atomic E-state index is -6.62. The molecule has 0 unspecified atom stereocenters. The number of hydrogen-bond acceptors (Lipinski definition) is 7. The summed E-state index contributed by atoms with van der Waals surface area (Å²) in [6.07, 6.45) is -3.22. The van der Waals surface area contributed by atoms with E-state index in [1.165, 1.54) is 0 Å². The Labute approximate surface area is 94.5 Å². The van der Waals surface area contributed by atoms with Crippen molar-refractivity contribution in [2.75, 3.05) is 0 Å². The highest BCUT2D eigenvalue weighted by Crippen LogP contribution is 2.27. The van der Waals surface area contributed by atoms with Gasteiger partial charge in [0.25, 0.3) is 0 Å². The second kappa shape index (κ2) is 4.45. The molecule has 0 saturated heterocycles. The summed E-state index contributed by atoms with van der Waals surface area (Å²) in [7, 11) is -13.2. The summed E-state index contributed by atoms with van der Waals surface area (Å²) in [5.41, 5.74) is -12.3. The predicted octanol–water partition coefficient (Wildman–Crippen LogP) is 0.839. The Bertz CT molecular complexity index is 475. The minimum Gasteiger partial charge on any atom is -0.305 e. The van der Waals surface area contributed by atoms with Gasteiger partial charge < -0.3 is 8.37 Å². The van der Waals surface area contributed by atoms with E-state index < -0.39 is 37.4 Å². The van der Waals surface area contributed by atoms with E-state index in [0.717, 1.165) is 0 Å². The Morgan fingerprint density at radius 2 is 0.944 bits per heavy atom. The molecule has 108 valence electrons. The molecule has 0 aromatic carbocycles. The zero-order valence-electron chi connectivity index (χ0n) is 7.44. The van der Waals surface area contributed by atoms with Crippen LogP contribution in [0.3, 0.4) is 0 Å². The van der Waals surface area contributed by atoms with Crippen molar-refractivity contribution >= 4 is 26.4 Å². The maximum Gasteiger partial charge on any atom is 0.540 e. The SMILES string of the molecule is O=C(OS(=O)(=O)C(F)(F)F)OS(=O)(=O)C(F)(F)F. The lowest BCUT2D eigenvalue weighted by atomic mass is 11.5. The monoisotopic (exact) mass is 326 g/mol. The van der Waals surface area contributed by atoms with Crippen molar-refractivity contribution in [3.05, 3.63) is 0 Å². The van der Waals surface area contributed by atoms with Crippen molar-refractivity contribution in [3.63, 3.8) is 0 Å². The molecule has 7 nitrogen and oxygen atoms in total. The maximum atomic E-state index is 11.6. The normalized spacial score (nSPS) is 14.1. The summed E-state index contributed by atoms with van der Waals surface area (Å²) in [6.45, 7) is 0. The van der Waals surface area contributed by atoms with Crippen molar-refractivity contribution in [2.24, 2.45) is 0 Å². The second-order valence-electron chi connectivity index (χ2n) is 2.22. The fourth-order valence-corrected chi connectivity index (χ4v) is 0.946. The molecule has 0 heterocycles. The van der Waals surface area contributed by atoms with Crippen molar-refractivity contribution < 1.29 is 56.3 Å². The smallest absolute Gasteiger partial charge is 0.305 e. The van der Waals surface area contributed by atoms with E-state index >= 15 is 0 Å². The molecule has 0 aromatic rings. The van der Waals surface area contributed by atoms with Crippen LogP contribution < -0.4 is 0 Å². The van der Waals surface area contributed by atoms with Crippen LogP contribution in [0.15, 0.2) is 0 Å². The van der Waals surface area contributed by atoms with E-state index in [4.69, 9.17) is 0 Å². The van der Waals surface area contributed by atoms with Gasteiger partial charge in [-0.15, -0.1) is 0 Å². The van der Waals surface area contributed by atoms with Gasteiger partial charge in [0.05, 0.1) is 0 Å². The van der Waals surface area contributed by atoms with E-state index in [1.807, 2.05) is 0 Å². The molecule has 18 heavy (non-hydrogen) atoms. The standard InChI is InChI=1S/C3F6O7S2/c4-2(5,6)17(11,12)15-1(10)16-18(13,14)3(7,8)9. The van der Waals surface area contributed by atoms with Gasteiger partial charge in [0.2, 0.25) is 0 Å².